The lowest BCUT2D eigenvalue weighted by atomic mass is 10.1. The normalized spacial score (nSPS) is 17.9. The Morgan fingerprint density at radius 2 is 2.13 bits per heavy atom. The van der Waals surface area contributed by atoms with Gasteiger partial charge in [0.05, 0.1) is 6.10 Å². The zero-order valence-electron chi connectivity index (χ0n) is 9.62. The van der Waals surface area contributed by atoms with Gasteiger partial charge in [0.2, 0.25) is 5.91 Å². The minimum absolute atomic E-state index is 0.115. The van der Waals surface area contributed by atoms with Gasteiger partial charge in [-0.1, -0.05) is 13.8 Å². The Morgan fingerprint density at radius 1 is 1.47 bits per heavy atom. The molecular weight excluding hydrogens is 192 g/mol. The molecule has 1 fully saturated rings. The molecule has 4 heteroatoms. The van der Waals surface area contributed by atoms with E-state index < -0.39 is 0 Å². The number of aliphatic hydroxyl groups excluding tert-OH is 1. The molecule has 0 aromatic heterocycles. The summed E-state index contributed by atoms with van der Waals surface area (Å²) >= 11 is 0. The van der Waals surface area contributed by atoms with Crippen LogP contribution in [-0.4, -0.2) is 36.2 Å². The molecule has 4 nitrogen and oxygen atoms in total. The lowest BCUT2D eigenvalue weighted by Crippen LogP contribution is -2.34. The molecule has 1 aliphatic carbocycles. The summed E-state index contributed by atoms with van der Waals surface area (Å²) in [5, 5.41) is 15.5. The fourth-order valence-electron chi connectivity index (χ4n) is 1.22. The molecule has 0 spiro atoms. The molecule has 1 atom stereocenters. The smallest absolute Gasteiger partial charge is 0.221 e. The van der Waals surface area contributed by atoms with E-state index in [1.54, 1.807) is 0 Å². The Bertz CT molecular complexity index is 203. The highest BCUT2D eigenvalue weighted by Gasteiger charge is 2.22. The van der Waals surface area contributed by atoms with Gasteiger partial charge in [0, 0.05) is 25.6 Å². The van der Waals surface area contributed by atoms with Crippen molar-refractivity contribution in [2.45, 2.75) is 45.3 Å². The van der Waals surface area contributed by atoms with Gasteiger partial charge < -0.3 is 15.7 Å². The van der Waals surface area contributed by atoms with Crippen molar-refractivity contribution in [3.05, 3.63) is 0 Å². The molecule has 0 aromatic carbocycles. The summed E-state index contributed by atoms with van der Waals surface area (Å²) in [4.78, 5) is 11.3. The average Bonchev–Trinajstić information content (AvgIpc) is 2.95. The molecule has 3 N–H and O–H groups in total. The van der Waals surface area contributed by atoms with E-state index in [-0.39, 0.29) is 17.9 Å². The molecule has 0 heterocycles. The van der Waals surface area contributed by atoms with E-state index in [4.69, 9.17) is 0 Å². The van der Waals surface area contributed by atoms with Gasteiger partial charge in [-0.05, 0) is 18.8 Å². The van der Waals surface area contributed by atoms with Crippen LogP contribution < -0.4 is 10.6 Å². The molecule has 1 amide bonds. The van der Waals surface area contributed by atoms with E-state index in [2.05, 4.69) is 10.6 Å². The number of hydrogen-bond donors (Lipinski definition) is 3. The molecular formula is C11H22N2O2. The van der Waals surface area contributed by atoms with Crippen LogP contribution in [0.15, 0.2) is 0 Å². The van der Waals surface area contributed by atoms with Gasteiger partial charge in [0.15, 0.2) is 0 Å². The Hall–Kier alpha value is -0.610. The Kier molecular flexibility index (Phi) is 5.05. The Labute approximate surface area is 91.4 Å². The van der Waals surface area contributed by atoms with Crippen molar-refractivity contribution in [2.75, 3.05) is 13.1 Å². The second-order valence-electron chi connectivity index (χ2n) is 4.61. The summed E-state index contributed by atoms with van der Waals surface area (Å²) in [6.45, 7) is 5.16. The van der Waals surface area contributed by atoms with Gasteiger partial charge in [-0.2, -0.15) is 0 Å². The molecule has 0 saturated heterocycles. The number of carbonyl (C=O) groups is 1. The van der Waals surface area contributed by atoms with Crippen LogP contribution in [0.3, 0.4) is 0 Å². The molecule has 0 radical (unpaired) electrons. The summed E-state index contributed by atoms with van der Waals surface area (Å²) in [5.74, 6) is 0.377. The van der Waals surface area contributed by atoms with Gasteiger partial charge in [0.1, 0.15) is 0 Å². The number of nitrogens with one attached hydrogen (secondary N) is 2. The third kappa shape index (κ3) is 5.74. The maximum Gasteiger partial charge on any atom is 0.221 e. The standard InChI is InChI=1S/C11H22N2O2/c1-8(2)10(14)7-12-6-5-11(15)13-9-3-4-9/h8-10,12,14H,3-7H2,1-2H3,(H,13,15). The summed E-state index contributed by atoms with van der Waals surface area (Å²) in [5.41, 5.74) is 0. The predicted octanol–water partition coefficient (Wildman–Crippen LogP) is 0.262. The molecule has 0 bridgehead atoms. The average molecular weight is 214 g/mol. The number of amides is 1. The highest BCUT2D eigenvalue weighted by molar-refractivity contribution is 5.76. The first kappa shape index (κ1) is 12.5. The number of aliphatic hydroxyl groups is 1. The monoisotopic (exact) mass is 214 g/mol. The molecule has 1 rings (SSSR count). The molecule has 1 saturated carbocycles. The second-order valence-corrected chi connectivity index (χ2v) is 4.61. The van der Waals surface area contributed by atoms with Crippen molar-refractivity contribution in [3.8, 4) is 0 Å². The number of rotatable bonds is 7. The van der Waals surface area contributed by atoms with Crippen LogP contribution in [0.2, 0.25) is 0 Å². The lowest BCUT2D eigenvalue weighted by molar-refractivity contribution is -0.121. The SMILES string of the molecule is CC(C)C(O)CNCCC(=O)NC1CC1. The molecule has 1 aliphatic rings. The van der Waals surface area contributed by atoms with Gasteiger partial charge >= 0.3 is 0 Å². The van der Waals surface area contributed by atoms with Crippen LogP contribution in [0.4, 0.5) is 0 Å². The third-order valence-corrected chi connectivity index (χ3v) is 2.59. The van der Waals surface area contributed by atoms with E-state index in [9.17, 15) is 9.90 Å². The van der Waals surface area contributed by atoms with Gasteiger partial charge in [-0.25, -0.2) is 0 Å². The largest absolute Gasteiger partial charge is 0.392 e. The lowest BCUT2D eigenvalue weighted by Gasteiger charge is -2.14. The van der Waals surface area contributed by atoms with Crippen molar-refractivity contribution >= 4 is 5.91 Å². The zero-order valence-corrected chi connectivity index (χ0v) is 9.62. The molecule has 15 heavy (non-hydrogen) atoms. The second kappa shape index (κ2) is 6.08. The molecule has 0 aliphatic heterocycles. The summed E-state index contributed by atoms with van der Waals surface area (Å²) in [6, 6.07) is 0.443. The summed E-state index contributed by atoms with van der Waals surface area (Å²) in [7, 11) is 0. The quantitative estimate of drug-likeness (QED) is 0.533. The van der Waals surface area contributed by atoms with Crippen LogP contribution in [0, 0.1) is 5.92 Å². The van der Waals surface area contributed by atoms with E-state index >= 15 is 0 Å². The van der Waals surface area contributed by atoms with E-state index in [1.807, 2.05) is 13.8 Å². The topological polar surface area (TPSA) is 61.4 Å². The zero-order chi connectivity index (χ0) is 11.3. The van der Waals surface area contributed by atoms with Crippen molar-refractivity contribution in [1.29, 1.82) is 0 Å². The van der Waals surface area contributed by atoms with E-state index in [1.165, 1.54) is 0 Å². The van der Waals surface area contributed by atoms with E-state index in [0.29, 0.717) is 25.6 Å². The van der Waals surface area contributed by atoms with Crippen molar-refractivity contribution in [1.82, 2.24) is 10.6 Å². The third-order valence-electron chi connectivity index (χ3n) is 2.59. The van der Waals surface area contributed by atoms with Crippen LogP contribution in [0.5, 0.6) is 0 Å². The Balaban J connectivity index is 1.93. The maximum absolute atomic E-state index is 11.3. The predicted molar refractivity (Wildman–Crippen MR) is 59.5 cm³/mol. The first-order valence-electron chi connectivity index (χ1n) is 5.77. The fourth-order valence-corrected chi connectivity index (χ4v) is 1.22. The van der Waals surface area contributed by atoms with Gasteiger partial charge in [-0.3, -0.25) is 4.79 Å². The number of hydrogen-bond acceptors (Lipinski definition) is 3. The van der Waals surface area contributed by atoms with Crippen LogP contribution in [0.1, 0.15) is 33.1 Å². The van der Waals surface area contributed by atoms with Crippen LogP contribution in [-0.2, 0) is 4.79 Å². The van der Waals surface area contributed by atoms with Crippen molar-refractivity contribution < 1.29 is 9.90 Å². The molecule has 88 valence electrons. The maximum atomic E-state index is 11.3. The van der Waals surface area contributed by atoms with Crippen LogP contribution >= 0.6 is 0 Å². The molecule has 0 aromatic rings. The summed E-state index contributed by atoms with van der Waals surface area (Å²) in [6.07, 6.45) is 2.44. The summed E-state index contributed by atoms with van der Waals surface area (Å²) < 4.78 is 0. The first-order valence-corrected chi connectivity index (χ1v) is 5.77. The number of carbonyl (C=O) groups excluding carboxylic acids is 1. The first-order chi connectivity index (χ1) is 7.09. The minimum Gasteiger partial charge on any atom is -0.392 e. The fraction of sp³-hybridized carbons (Fsp3) is 0.909. The minimum atomic E-state index is -0.323. The van der Waals surface area contributed by atoms with E-state index in [0.717, 1.165) is 12.8 Å². The van der Waals surface area contributed by atoms with Gasteiger partial charge in [-0.15, -0.1) is 0 Å². The Morgan fingerprint density at radius 3 is 2.67 bits per heavy atom. The highest BCUT2D eigenvalue weighted by atomic mass is 16.3. The van der Waals surface area contributed by atoms with Crippen LogP contribution in [0.25, 0.3) is 0 Å². The molecule has 1 unspecified atom stereocenters. The van der Waals surface area contributed by atoms with Crippen molar-refractivity contribution in [3.63, 3.8) is 0 Å². The van der Waals surface area contributed by atoms with Gasteiger partial charge in [0.25, 0.3) is 0 Å². The highest BCUT2D eigenvalue weighted by Crippen LogP contribution is 2.18. The van der Waals surface area contributed by atoms with Crippen molar-refractivity contribution in [2.24, 2.45) is 5.92 Å².